The Morgan fingerprint density at radius 2 is 1.65 bits per heavy atom. The van der Waals surface area contributed by atoms with Crippen LogP contribution in [0.4, 0.5) is 0 Å². The smallest absolute Gasteiger partial charge is 0.319 e. The van der Waals surface area contributed by atoms with E-state index < -0.39 is 8.32 Å². The first-order valence-corrected chi connectivity index (χ1v) is 9.90. The van der Waals surface area contributed by atoms with E-state index in [1.165, 1.54) is 0 Å². The van der Waals surface area contributed by atoms with Crippen LogP contribution in [0.15, 0.2) is 12.2 Å². The van der Waals surface area contributed by atoms with Crippen molar-refractivity contribution in [3.05, 3.63) is 12.2 Å². The van der Waals surface area contributed by atoms with Gasteiger partial charge >= 0.3 is 5.97 Å². The maximum atomic E-state index is 12.3. The summed E-state index contributed by atoms with van der Waals surface area (Å²) in [5.41, 5.74) is 1.33. The second-order valence-electron chi connectivity index (χ2n) is 7.30. The molecule has 0 amide bonds. The third-order valence-electron chi connectivity index (χ3n) is 5.26. The summed E-state index contributed by atoms with van der Waals surface area (Å²) < 4.78 is 6.24. The average Bonchev–Trinajstić information content (AvgIpc) is 2.33. The monoisotopic (exact) mass is 298 g/mol. The van der Waals surface area contributed by atoms with Crippen LogP contribution in [-0.4, -0.2) is 14.3 Å². The highest BCUT2D eigenvalue weighted by Gasteiger charge is 2.58. The summed E-state index contributed by atoms with van der Waals surface area (Å²) >= 11 is 0. The number of hydrogen-bond donors (Lipinski definition) is 0. The molecule has 0 aromatic carbocycles. The van der Waals surface area contributed by atoms with Crippen molar-refractivity contribution in [1.29, 1.82) is 0 Å². The maximum absolute atomic E-state index is 12.3. The summed E-state index contributed by atoms with van der Waals surface area (Å²) in [4.78, 5) is 12.3. The second kappa shape index (κ2) is 6.93. The first-order valence-electron chi connectivity index (χ1n) is 7.83. The lowest BCUT2D eigenvalue weighted by molar-refractivity contribution is -0.131. The van der Waals surface area contributed by atoms with Gasteiger partial charge in [0, 0.05) is 5.57 Å². The minimum absolute atomic E-state index is 0.0295. The van der Waals surface area contributed by atoms with Crippen molar-refractivity contribution >= 4 is 14.3 Å². The standard InChI is InChI=1S/C17H34O2Si/c1-11-15(8)20(14(6)7,17(9,10)13(4)5)19-16(18)12(2)3/h13-15H,2,11H2,1,3-10H3. The fourth-order valence-electron chi connectivity index (χ4n) is 3.29. The van der Waals surface area contributed by atoms with Gasteiger partial charge in [0.15, 0.2) is 0 Å². The number of carbonyl (C=O) groups excluding carboxylic acids is 1. The lowest BCUT2D eigenvalue weighted by atomic mass is 9.99. The third kappa shape index (κ3) is 3.36. The molecule has 20 heavy (non-hydrogen) atoms. The van der Waals surface area contributed by atoms with Crippen LogP contribution < -0.4 is 0 Å². The lowest BCUT2D eigenvalue weighted by Crippen LogP contribution is -2.57. The quantitative estimate of drug-likeness (QED) is 0.445. The zero-order valence-electron chi connectivity index (χ0n) is 15.0. The maximum Gasteiger partial charge on any atom is 0.319 e. The molecule has 0 fully saturated rings. The SMILES string of the molecule is C=C(C)C(=O)O[Si](C(C)C)(C(C)CC)C(C)(C)C(C)C. The van der Waals surface area contributed by atoms with Gasteiger partial charge in [0.1, 0.15) is 0 Å². The predicted octanol–water partition coefficient (Wildman–Crippen LogP) is 5.70. The first kappa shape index (κ1) is 19.4. The normalized spacial score (nSPS) is 16.9. The number of hydrogen-bond acceptors (Lipinski definition) is 2. The molecule has 0 saturated heterocycles. The molecule has 0 aromatic heterocycles. The summed E-state index contributed by atoms with van der Waals surface area (Å²) in [5, 5.41) is 0.0295. The van der Waals surface area contributed by atoms with Gasteiger partial charge in [-0.15, -0.1) is 0 Å². The Labute approximate surface area is 127 Å². The van der Waals surface area contributed by atoms with Crippen LogP contribution in [0.3, 0.4) is 0 Å². The van der Waals surface area contributed by atoms with E-state index in [0.29, 0.717) is 22.6 Å². The van der Waals surface area contributed by atoms with Crippen LogP contribution >= 0.6 is 0 Å². The molecule has 0 aliphatic carbocycles. The van der Waals surface area contributed by atoms with E-state index in [0.717, 1.165) is 6.42 Å². The molecule has 0 rings (SSSR count). The summed E-state index contributed by atoms with van der Waals surface area (Å²) in [5.74, 6) is 0.267. The lowest BCUT2D eigenvalue weighted by Gasteiger charge is -2.51. The zero-order chi connectivity index (χ0) is 16.3. The van der Waals surface area contributed by atoms with E-state index >= 15 is 0 Å². The molecule has 0 radical (unpaired) electrons. The molecular formula is C17H34O2Si. The molecule has 0 spiro atoms. The highest BCUT2D eigenvalue weighted by atomic mass is 28.4. The molecule has 3 heteroatoms. The van der Waals surface area contributed by atoms with E-state index in [2.05, 4.69) is 62.0 Å². The Bertz CT molecular complexity index is 358. The van der Waals surface area contributed by atoms with E-state index in [9.17, 15) is 4.79 Å². The van der Waals surface area contributed by atoms with Crippen molar-refractivity contribution in [1.82, 2.24) is 0 Å². The molecule has 0 bridgehead atoms. The topological polar surface area (TPSA) is 26.3 Å². The Kier molecular flexibility index (Phi) is 6.73. The molecule has 2 nitrogen and oxygen atoms in total. The third-order valence-corrected chi connectivity index (χ3v) is 12.0. The van der Waals surface area contributed by atoms with Crippen LogP contribution in [0.25, 0.3) is 0 Å². The van der Waals surface area contributed by atoms with Crippen LogP contribution in [0.1, 0.15) is 68.7 Å². The second-order valence-corrected chi connectivity index (χ2v) is 12.5. The van der Waals surface area contributed by atoms with Crippen molar-refractivity contribution in [2.75, 3.05) is 0 Å². The van der Waals surface area contributed by atoms with Gasteiger partial charge in [-0.25, -0.2) is 4.79 Å². The largest absolute Gasteiger partial charge is 0.515 e. The zero-order valence-corrected chi connectivity index (χ0v) is 16.0. The van der Waals surface area contributed by atoms with Gasteiger partial charge in [-0.1, -0.05) is 68.4 Å². The van der Waals surface area contributed by atoms with Crippen molar-refractivity contribution in [2.24, 2.45) is 5.92 Å². The van der Waals surface area contributed by atoms with Crippen molar-refractivity contribution in [3.63, 3.8) is 0 Å². The Morgan fingerprint density at radius 3 is 1.90 bits per heavy atom. The highest BCUT2D eigenvalue weighted by molar-refractivity contribution is 6.80. The molecule has 0 aromatic rings. The van der Waals surface area contributed by atoms with Crippen LogP contribution in [0.2, 0.25) is 16.1 Å². The van der Waals surface area contributed by atoms with Gasteiger partial charge in [-0.2, -0.15) is 0 Å². The molecule has 118 valence electrons. The fourth-order valence-corrected chi connectivity index (χ4v) is 9.88. The molecule has 0 aliphatic rings. The Morgan fingerprint density at radius 1 is 1.20 bits per heavy atom. The summed E-state index contributed by atoms with van der Waals surface area (Å²) in [6.07, 6.45) is 1.05. The molecule has 2 atom stereocenters. The van der Waals surface area contributed by atoms with Gasteiger partial charge in [-0.05, 0) is 29.0 Å². The van der Waals surface area contributed by atoms with Gasteiger partial charge < -0.3 is 4.43 Å². The fraction of sp³-hybridized carbons (Fsp3) is 0.824. The van der Waals surface area contributed by atoms with E-state index in [1.807, 2.05) is 0 Å². The highest BCUT2D eigenvalue weighted by Crippen LogP contribution is 2.56. The molecule has 0 heterocycles. The molecular weight excluding hydrogens is 264 g/mol. The molecule has 2 unspecified atom stereocenters. The minimum Gasteiger partial charge on any atom is -0.515 e. The summed E-state index contributed by atoms with van der Waals surface area (Å²) in [6.45, 7) is 23.4. The summed E-state index contributed by atoms with van der Waals surface area (Å²) in [7, 11) is -2.30. The predicted molar refractivity (Wildman–Crippen MR) is 90.4 cm³/mol. The van der Waals surface area contributed by atoms with Crippen LogP contribution in [0.5, 0.6) is 0 Å². The van der Waals surface area contributed by atoms with E-state index in [1.54, 1.807) is 6.92 Å². The molecule has 0 N–H and O–H groups in total. The van der Waals surface area contributed by atoms with Gasteiger partial charge in [0.25, 0.3) is 8.32 Å². The first-order chi connectivity index (χ1) is 8.95. The van der Waals surface area contributed by atoms with Gasteiger partial charge in [0.05, 0.1) is 0 Å². The minimum atomic E-state index is -2.30. The molecule has 0 saturated carbocycles. The summed E-state index contributed by atoms with van der Waals surface area (Å²) in [6, 6.07) is 0. The number of carbonyl (C=O) groups is 1. The Balaban J connectivity index is 5.98. The van der Waals surface area contributed by atoms with Crippen molar-refractivity contribution in [3.8, 4) is 0 Å². The van der Waals surface area contributed by atoms with Crippen LogP contribution in [-0.2, 0) is 9.22 Å². The van der Waals surface area contributed by atoms with Crippen molar-refractivity contribution in [2.45, 2.75) is 84.9 Å². The average molecular weight is 299 g/mol. The van der Waals surface area contributed by atoms with Gasteiger partial charge in [0.2, 0.25) is 0 Å². The van der Waals surface area contributed by atoms with E-state index in [-0.39, 0.29) is 11.0 Å². The van der Waals surface area contributed by atoms with Crippen molar-refractivity contribution < 1.29 is 9.22 Å². The van der Waals surface area contributed by atoms with E-state index in [4.69, 9.17) is 4.43 Å². The molecule has 0 aliphatic heterocycles. The van der Waals surface area contributed by atoms with Crippen LogP contribution in [0, 0.1) is 5.92 Å². The van der Waals surface area contributed by atoms with Gasteiger partial charge in [-0.3, -0.25) is 0 Å². The Hall–Kier alpha value is -0.573. The number of rotatable bonds is 7.